The van der Waals surface area contributed by atoms with E-state index < -0.39 is 41.2 Å². The Morgan fingerprint density at radius 1 is 0.860 bits per heavy atom. The Kier molecular flexibility index (Phi) is 9.23. The summed E-state index contributed by atoms with van der Waals surface area (Å²) in [6, 6.07) is 18.4. The number of likely N-dealkylation sites (tertiary alicyclic amines) is 1. The van der Waals surface area contributed by atoms with Crippen LogP contribution in [0.1, 0.15) is 64.7 Å². The van der Waals surface area contributed by atoms with Gasteiger partial charge in [-0.3, -0.25) is 9.59 Å². The Morgan fingerprint density at radius 3 is 2.16 bits per heavy atom. The number of amides is 3. The van der Waals surface area contributed by atoms with Gasteiger partial charge in [0, 0.05) is 18.5 Å². The molecule has 1 aliphatic rings. The van der Waals surface area contributed by atoms with Crippen LogP contribution >= 0.6 is 0 Å². The number of nitrogens with zero attached hydrogens (tertiary/aromatic N) is 1. The van der Waals surface area contributed by atoms with E-state index in [1.54, 1.807) is 63.2 Å². The molecule has 3 aromatic carbocycles. The summed E-state index contributed by atoms with van der Waals surface area (Å²) in [4.78, 5) is 55.1. The van der Waals surface area contributed by atoms with Crippen LogP contribution in [0.15, 0.2) is 78.9 Å². The van der Waals surface area contributed by atoms with Gasteiger partial charge in [0.05, 0.1) is 17.7 Å². The standard InChI is InChI=1S/C32H35N3O8/c1-31(2,3)43-30(41)35-19-9-18-32(42-29(40)22-10-5-4-6-11-22,34-28(39)24-12-7-8-13-25(24)37)26(20-35)33-27(38)21-14-16-23(36)17-15-21/h4-8,10-17,26,36-37H,9,18-20H2,1-3H3,(H,33,38)(H,34,39)/t26-,32-/m1/s1. The molecule has 3 amide bonds. The average molecular weight is 590 g/mol. The quantitative estimate of drug-likeness (QED) is 0.246. The number of phenolic OH excluding ortho intramolecular Hbond substituents is 2. The molecule has 43 heavy (non-hydrogen) atoms. The minimum atomic E-state index is -1.87. The van der Waals surface area contributed by atoms with Crippen LogP contribution in [0.3, 0.4) is 0 Å². The summed E-state index contributed by atoms with van der Waals surface area (Å²) in [7, 11) is 0. The van der Waals surface area contributed by atoms with Gasteiger partial charge < -0.3 is 35.2 Å². The molecule has 2 atom stereocenters. The van der Waals surface area contributed by atoms with E-state index in [1.807, 2.05) is 0 Å². The number of hydrogen-bond donors (Lipinski definition) is 4. The highest BCUT2D eigenvalue weighted by Crippen LogP contribution is 2.29. The second kappa shape index (κ2) is 12.8. The van der Waals surface area contributed by atoms with Crippen molar-refractivity contribution in [3.8, 4) is 11.5 Å². The maximum atomic E-state index is 13.6. The molecule has 0 aromatic heterocycles. The van der Waals surface area contributed by atoms with Crippen LogP contribution in [0.4, 0.5) is 4.79 Å². The molecule has 11 nitrogen and oxygen atoms in total. The Morgan fingerprint density at radius 2 is 1.51 bits per heavy atom. The monoisotopic (exact) mass is 589 g/mol. The maximum Gasteiger partial charge on any atom is 0.410 e. The highest BCUT2D eigenvalue weighted by Gasteiger charge is 2.48. The van der Waals surface area contributed by atoms with Gasteiger partial charge in [0.1, 0.15) is 23.1 Å². The molecule has 1 aliphatic heterocycles. The molecule has 1 saturated heterocycles. The third-order valence-corrected chi connectivity index (χ3v) is 6.79. The predicted molar refractivity (Wildman–Crippen MR) is 157 cm³/mol. The first-order valence-electron chi connectivity index (χ1n) is 13.8. The second-order valence-electron chi connectivity index (χ2n) is 11.2. The highest BCUT2D eigenvalue weighted by molar-refractivity contribution is 5.98. The summed E-state index contributed by atoms with van der Waals surface area (Å²) < 4.78 is 11.7. The van der Waals surface area contributed by atoms with Crippen LogP contribution in [0.2, 0.25) is 0 Å². The molecule has 0 aliphatic carbocycles. The minimum Gasteiger partial charge on any atom is -0.508 e. The lowest BCUT2D eigenvalue weighted by Crippen LogP contribution is -2.66. The Labute approximate surface area is 249 Å². The largest absolute Gasteiger partial charge is 0.508 e. The molecule has 11 heteroatoms. The fraction of sp³-hybridized carbons (Fsp3) is 0.312. The molecule has 226 valence electrons. The lowest BCUT2D eigenvalue weighted by Gasteiger charge is -2.40. The number of nitrogens with one attached hydrogen (secondary N) is 2. The summed E-state index contributed by atoms with van der Waals surface area (Å²) in [6.45, 7) is 5.17. The van der Waals surface area contributed by atoms with E-state index >= 15 is 0 Å². The Balaban J connectivity index is 1.78. The number of benzene rings is 3. The fourth-order valence-electron chi connectivity index (χ4n) is 4.70. The van der Waals surface area contributed by atoms with E-state index in [1.165, 1.54) is 41.3 Å². The Bertz CT molecular complexity index is 1470. The summed E-state index contributed by atoms with van der Waals surface area (Å²) in [5.74, 6) is -2.46. The van der Waals surface area contributed by atoms with E-state index in [0.717, 1.165) is 0 Å². The van der Waals surface area contributed by atoms with Crippen LogP contribution in [0.25, 0.3) is 0 Å². The zero-order valence-corrected chi connectivity index (χ0v) is 24.2. The van der Waals surface area contributed by atoms with Crippen molar-refractivity contribution in [2.75, 3.05) is 13.1 Å². The van der Waals surface area contributed by atoms with Gasteiger partial charge in [0.2, 0.25) is 5.72 Å². The number of ether oxygens (including phenoxy) is 2. The first-order chi connectivity index (χ1) is 20.4. The van der Waals surface area contributed by atoms with Crippen LogP contribution in [0.5, 0.6) is 11.5 Å². The van der Waals surface area contributed by atoms with Crippen molar-refractivity contribution in [2.45, 2.75) is 51.0 Å². The predicted octanol–water partition coefficient (Wildman–Crippen LogP) is 4.21. The normalized spacial score (nSPS) is 18.6. The molecule has 0 saturated carbocycles. The van der Waals surface area contributed by atoms with Crippen molar-refractivity contribution in [1.82, 2.24) is 15.5 Å². The van der Waals surface area contributed by atoms with Gasteiger partial charge >= 0.3 is 12.1 Å². The van der Waals surface area contributed by atoms with Gasteiger partial charge in [0.25, 0.3) is 11.8 Å². The number of esters is 1. The van der Waals surface area contributed by atoms with Gasteiger partial charge in [-0.1, -0.05) is 30.3 Å². The first kappa shape index (κ1) is 30.9. The smallest absolute Gasteiger partial charge is 0.410 e. The number of rotatable bonds is 6. The minimum absolute atomic E-state index is 0.00469. The molecule has 0 spiro atoms. The molecule has 4 N–H and O–H groups in total. The fourth-order valence-corrected chi connectivity index (χ4v) is 4.70. The zero-order chi connectivity index (χ0) is 31.2. The molecule has 4 rings (SSSR count). The molecule has 1 fully saturated rings. The maximum absolute atomic E-state index is 13.6. The molecule has 3 aromatic rings. The molecular weight excluding hydrogens is 554 g/mol. The Hall–Kier alpha value is -5.06. The second-order valence-corrected chi connectivity index (χ2v) is 11.2. The number of hydrogen-bond acceptors (Lipinski definition) is 8. The number of carbonyl (C=O) groups is 4. The molecule has 0 bridgehead atoms. The lowest BCUT2D eigenvalue weighted by atomic mass is 9.97. The third kappa shape index (κ3) is 7.82. The van der Waals surface area contributed by atoms with Crippen molar-refractivity contribution in [3.63, 3.8) is 0 Å². The average Bonchev–Trinajstić information content (AvgIpc) is 3.12. The van der Waals surface area contributed by atoms with Gasteiger partial charge in [-0.15, -0.1) is 0 Å². The topological polar surface area (TPSA) is 154 Å². The van der Waals surface area contributed by atoms with Crippen molar-refractivity contribution >= 4 is 23.9 Å². The van der Waals surface area contributed by atoms with Crippen molar-refractivity contribution in [1.29, 1.82) is 0 Å². The van der Waals surface area contributed by atoms with E-state index in [0.29, 0.717) is 0 Å². The number of carbonyl (C=O) groups excluding carboxylic acids is 4. The van der Waals surface area contributed by atoms with E-state index in [2.05, 4.69) is 10.6 Å². The molecule has 0 radical (unpaired) electrons. The first-order valence-corrected chi connectivity index (χ1v) is 13.8. The van der Waals surface area contributed by atoms with Crippen molar-refractivity contribution in [2.24, 2.45) is 0 Å². The SMILES string of the molecule is CC(C)(C)OC(=O)N1CCC[C@@](NC(=O)c2ccccc2O)(OC(=O)c2ccccc2)[C@H](NC(=O)c2ccc(O)cc2)C1. The van der Waals surface area contributed by atoms with E-state index in [-0.39, 0.29) is 54.1 Å². The molecule has 0 unspecified atom stereocenters. The van der Waals surface area contributed by atoms with Crippen LogP contribution in [-0.2, 0) is 9.47 Å². The van der Waals surface area contributed by atoms with E-state index in [4.69, 9.17) is 9.47 Å². The lowest BCUT2D eigenvalue weighted by molar-refractivity contribution is -0.0568. The van der Waals surface area contributed by atoms with Crippen molar-refractivity contribution < 1.29 is 38.9 Å². The van der Waals surface area contributed by atoms with Crippen LogP contribution in [0, 0.1) is 0 Å². The molecule has 1 heterocycles. The summed E-state index contributed by atoms with van der Waals surface area (Å²) in [5, 5.41) is 25.7. The third-order valence-electron chi connectivity index (χ3n) is 6.79. The van der Waals surface area contributed by atoms with Gasteiger partial charge in [-0.2, -0.15) is 0 Å². The van der Waals surface area contributed by atoms with Gasteiger partial charge in [0.15, 0.2) is 0 Å². The van der Waals surface area contributed by atoms with Gasteiger partial charge in [-0.25, -0.2) is 9.59 Å². The van der Waals surface area contributed by atoms with Gasteiger partial charge in [-0.05, 0) is 75.7 Å². The van der Waals surface area contributed by atoms with Crippen LogP contribution < -0.4 is 10.6 Å². The number of phenols is 2. The van der Waals surface area contributed by atoms with E-state index in [9.17, 15) is 29.4 Å². The van der Waals surface area contributed by atoms with Crippen LogP contribution in [-0.4, -0.2) is 69.4 Å². The number of aromatic hydroxyl groups is 2. The van der Waals surface area contributed by atoms with Crippen molar-refractivity contribution in [3.05, 3.63) is 95.6 Å². The summed E-state index contributed by atoms with van der Waals surface area (Å²) in [6.07, 6.45) is -0.382. The summed E-state index contributed by atoms with van der Waals surface area (Å²) >= 11 is 0. The zero-order valence-electron chi connectivity index (χ0n) is 24.2. The highest BCUT2D eigenvalue weighted by atomic mass is 16.6. The molecular formula is C32H35N3O8. The number of para-hydroxylation sites is 1. The summed E-state index contributed by atoms with van der Waals surface area (Å²) in [5.41, 5.74) is -2.36.